The van der Waals surface area contributed by atoms with Crippen molar-refractivity contribution in [2.24, 2.45) is 0 Å². The first kappa shape index (κ1) is 20.2. The molecule has 1 fully saturated rings. The molecule has 3 heterocycles. The van der Waals surface area contributed by atoms with Crippen LogP contribution in [0.4, 0.5) is 0 Å². The number of carbonyl (C=O) groups excluding carboxylic acids is 2. The number of methoxy groups -OCH3 is 2. The molecule has 0 atom stereocenters. The van der Waals surface area contributed by atoms with Crippen LogP contribution in [0.3, 0.4) is 0 Å². The molecule has 3 aromatic rings. The van der Waals surface area contributed by atoms with E-state index in [-0.39, 0.29) is 17.9 Å². The van der Waals surface area contributed by atoms with Gasteiger partial charge in [0, 0.05) is 36.3 Å². The van der Waals surface area contributed by atoms with E-state index in [4.69, 9.17) is 9.47 Å². The third-order valence-electron chi connectivity index (χ3n) is 5.38. The van der Waals surface area contributed by atoms with Crippen LogP contribution < -0.4 is 4.74 Å². The molecule has 1 aliphatic rings. The number of benzene rings is 1. The lowest BCUT2D eigenvalue weighted by atomic mass is 10.0. The number of hydrogen-bond acceptors (Lipinski definition) is 6. The first-order chi connectivity index (χ1) is 14.6. The summed E-state index contributed by atoms with van der Waals surface area (Å²) in [6.45, 7) is 1.25. The first-order valence-corrected chi connectivity index (χ1v) is 10.6. The maximum absolute atomic E-state index is 12.9. The molecule has 1 saturated heterocycles. The zero-order valence-electron chi connectivity index (χ0n) is 16.9. The molecular weight excluding hydrogens is 402 g/mol. The predicted molar refractivity (Wildman–Crippen MR) is 114 cm³/mol. The van der Waals surface area contributed by atoms with E-state index in [1.807, 2.05) is 51.4 Å². The third kappa shape index (κ3) is 3.95. The molecule has 0 aliphatic carbocycles. The number of thiazole rings is 1. The number of amides is 1. The van der Waals surface area contributed by atoms with E-state index in [2.05, 4.69) is 4.98 Å². The van der Waals surface area contributed by atoms with Gasteiger partial charge >= 0.3 is 5.97 Å². The van der Waals surface area contributed by atoms with Crippen LogP contribution >= 0.6 is 11.3 Å². The summed E-state index contributed by atoms with van der Waals surface area (Å²) in [7, 11) is 3.01. The molecule has 1 aromatic carbocycles. The molecule has 7 nitrogen and oxygen atoms in total. The van der Waals surface area contributed by atoms with E-state index in [0.29, 0.717) is 24.5 Å². The molecule has 0 saturated carbocycles. The van der Waals surface area contributed by atoms with E-state index in [9.17, 15) is 9.59 Å². The van der Waals surface area contributed by atoms with Gasteiger partial charge in [-0.3, -0.25) is 4.79 Å². The van der Waals surface area contributed by atoms with Gasteiger partial charge in [0.15, 0.2) is 0 Å². The van der Waals surface area contributed by atoms with Gasteiger partial charge in [-0.15, -0.1) is 11.3 Å². The number of hydrogen-bond donors (Lipinski definition) is 0. The Morgan fingerprint density at radius 2 is 1.83 bits per heavy atom. The second-order valence-corrected chi connectivity index (χ2v) is 7.94. The topological polar surface area (TPSA) is 73.7 Å². The van der Waals surface area contributed by atoms with E-state index in [1.165, 1.54) is 18.4 Å². The summed E-state index contributed by atoms with van der Waals surface area (Å²) in [4.78, 5) is 31.2. The minimum atomic E-state index is -0.341. The summed E-state index contributed by atoms with van der Waals surface area (Å²) in [6, 6.07) is 11.4. The molecular formula is C22H23N3O4S. The summed E-state index contributed by atoms with van der Waals surface area (Å²) < 4.78 is 12.0. The Bertz CT molecular complexity index is 1030. The van der Waals surface area contributed by atoms with E-state index in [0.717, 1.165) is 29.2 Å². The normalized spacial score (nSPS) is 14.5. The molecule has 1 amide bonds. The van der Waals surface area contributed by atoms with Gasteiger partial charge in [0.2, 0.25) is 0 Å². The van der Waals surface area contributed by atoms with Gasteiger partial charge in [-0.1, -0.05) is 0 Å². The highest BCUT2D eigenvalue weighted by Crippen LogP contribution is 2.28. The highest BCUT2D eigenvalue weighted by Gasteiger charge is 2.27. The van der Waals surface area contributed by atoms with Crippen molar-refractivity contribution in [2.75, 3.05) is 27.3 Å². The van der Waals surface area contributed by atoms with Gasteiger partial charge in [0.25, 0.3) is 5.91 Å². The van der Waals surface area contributed by atoms with Crippen molar-refractivity contribution in [3.63, 3.8) is 0 Å². The second-order valence-electron chi connectivity index (χ2n) is 7.08. The first-order valence-electron chi connectivity index (χ1n) is 9.75. The van der Waals surface area contributed by atoms with Crippen LogP contribution in [-0.4, -0.2) is 53.6 Å². The standard InChI is InChI=1S/C22H23N3O4S/c1-28-17-7-5-15(6-8-17)20-23-18(14-30-20)21(26)24-12-9-16(10-13-24)25-11-3-4-19(25)22(27)29-2/h3-8,11,14,16H,9-10,12-13H2,1-2H3. The molecule has 0 spiro atoms. The average molecular weight is 426 g/mol. The Labute approximate surface area is 178 Å². The Balaban J connectivity index is 1.41. The number of rotatable bonds is 5. The van der Waals surface area contributed by atoms with Gasteiger partial charge in [-0.2, -0.15) is 0 Å². The van der Waals surface area contributed by atoms with Crippen LogP contribution in [0.15, 0.2) is 48.0 Å². The van der Waals surface area contributed by atoms with Crippen molar-refractivity contribution in [1.29, 1.82) is 0 Å². The number of aromatic nitrogens is 2. The molecule has 8 heteroatoms. The Morgan fingerprint density at radius 3 is 2.50 bits per heavy atom. The quantitative estimate of drug-likeness (QED) is 0.580. The van der Waals surface area contributed by atoms with Crippen molar-refractivity contribution in [1.82, 2.24) is 14.5 Å². The maximum atomic E-state index is 12.9. The van der Waals surface area contributed by atoms with E-state index < -0.39 is 0 Å². The van der Waals surface area contributed by atoms with Gasteiger partial charge < -0.3 is 18.9 Å². The van der Waals surface area contributed by atoms with Crippen LogP contribution in [0.5, 0.6) is 5.75 Å². The lowest BCUT2D eigenvalue weighted by molar-refractivity contribution is 0.0573. The predicted octanol–water partition coefficient (Wildman–Crippen LogP) is 3.88. The molecule has 0 radical (unpaired) electrons. The van der Waals surface area contributed by atoms with Crippen LogP contribution in [0.1, 0.15) is 39.9 Å². The minimum absolute atomic E-state index is 0.0508. The molecule has 156 valence electrons. The maximum Gasteiger partial charge on any atom is 0.354 e. The minimum Gasteiger partial charge on any atom is -0.497 e. The average Bonchev–Trinajstić information content (AvgIpc) is 3.48. The van der Waals surface area contributed by atoms with Crippen LogP contribution in [-0.2, 0) is 4.74 Å². The molecule has 30 heavy (non-hydrogen) atoms. The number of ether oxygens (including phenoxy) is 2. The van der Waals surface area contributed by atoms with Crippen molar-refractivity contribution >= 4 is 23.2 Å². The zero-order valence-corrected chi connectivity index (χ0v) is 17.7. The summed E-state index contributed by atoms with van der Waals surface area (Å²) in [6.07, 6.45) is 3.45. The van der Waals surface area contributed by atoms with Crippen LogP contribution in [0.25, 0.3) is 10.6 Å². The zero-order chi connectivity index (χ0) is 21.1. The van der Waals surface area contributed by atoms with Crippen LogP contribution in [0.2, 0.25) is 0 Å². The van der Waals surface area contributed by atoms with Crippen molar-refractivity contribution < 1.29 is 19.1 Å². The molecule has 2 aromatic heterocycles. The molecule has 4 rings (SSSR count). The Hall–Kier alpha value is -3.13. The van der Waals surface area contributed by atoms with Crippen molar-refractivity contribution in [2.45, 2.75) is 18.9 Å². The number of likely N-dealkylation sites (tertiary alicyclic amines) is 1. The smallest absolute Gasteiger partial charge is 0.354 e. The highest BCUT2D eigenvalue weighted by atomic mass is 32.1. The number of esters is 1. The summed E-state index contributed by atoms with van der Waals surface area (Å²) in [5, 5.41) is 2.63. The number of carbonyl (C=O) groups is 2. The van der Waals surface area contributed by atoms with Crippen LogP contribution in [0, 0.1) is 0 Å². The monoisotopic (exact) mass is 425 g/mol. The van der Waals surface area contributed by atoms with Gasteiger partial charge in [-0.25, -0.2) is 9.78 Å². The fraction of sp³-hybridized carbons (Fsp3) is 0.318. The van der Waals surface area contributed by atoms with Gasteiger partial charge in [0.05, 0.1) is 14.2 Å². The number of nitrogens with zero attached hydrogens (tertiary/aromatic N) is 3. The fourth-order valence-corrected chi connectivity index (χ4v) is 4.54. The fourth-order valence-electron chi connectivity index (χ4n) is 3.74. The van der Waals surface area contributed by atoms with Crippen molar-refractivity contribution in [3.05, 3.63) is 59.4 Å². The molecule has 0 bridgehead atoms. The van der Waals surface area contributed by atoms with Gasteiger partial charge in [0.1, 0.15) is 22.1 Å². The Morgan fingerprint density at radius 1 is 1.10 bits per heavy atom. The van der Waals surface area contributed by atoms with Gasteiger partial charge in [-0.05, 0) is 49.2 Å². The molecule has 0 unspecified atom stereocenters. The Kier molecular flexibility index (Phi) is 5.85. The number of piperidine rings is 1. The molecule has 1 aliphatic heterocycles. The lowest BCUT2D eigenvalue weighted by Crippen LogP contribution is -2.39. The summed E-state index contributed by atoms with van der Waals surface area (Å²) in [5.74, 6) is 0.393. The van der Waals surface area contributed by atoms with Crippen molar-refractivity contribution in [3.8, 4) is 16.3 Å². The third-order valence-corrected chi connectivity index (χ3v) is 6.27. The second kappa shape index (κ2) is 8.71. The van der Waals surface area contributed by atoms with E-state index in [1.54, 1.807) is 13.2 Å². The van der Waals surface area contributed by atoms with E-state index >= 15 is 0 Å². The highest BCUT2D eigenvalue weighted by molar-refractivity contribution is 7.13. The lowest BCUT2D eigenvalue weighted by Gasteiger charge is -2.33. The molecule has 0 N–H and O–H groups in total. The summed E-state index contributed by atoms with van der Waals surface area (Å²) >= 11 is 1.46. The largest absolute Gasteiger partial charge is 0.497 e. The SMILES string of the molecule is COC(=O)c1cccn1C1CCN(C(=O)c2csc(-c3ccc(OC)cc3)n2)CC1. The summed E-state index contributed by atoms with van der Waals surface area (Å²) in [5.41, 5.74) is 1.98.